The van der Waals surface area contributed by atoms with Gasteiger partial charge in [0.2, 0.25) is 0 Å². The maximum Gasteiger partial charge on any atom is 0.189 e. The smallest absolute Gasteiger partial charge is 0.189 e. The van der Waals surface area contributed by atoms with E-state index in [9.17, 15) is 9.90 Å². The van der Waals surface area contributed by atoms with Crippen LogP contribution in [0.25, 0.3) is 6.08 Å². The van der Waals surface area contributed by atoms with E-state index in [2.05, 4.69) is 0 Å². The van der Waals surface area contributed by atoms with E-state index in [-0.39, 0.29) is 17.1 Å². The maximum atomic E-state index is 12.0. The van der Waals surface area contributed by atoms with Crippen LogP contribution in [0.1, 0.15) is 22.8 Å². The molecular weight excluding hydrogens is 252 g/mol. The first-order valence-corrected chi connectivity index (χ1v) is 6.44. The zero-order valence-electron chi connectivity index (χ0n) is 11.2. The molecule has 2 aromatic carbocycles. The van der Waals surface area contributed by atoms with E-state index in [4.69, 9.17) is 4.74 Å². The highest BCUT2D eigenvalue weighted by Crippen LogP contribution is 2.24. The average molecular weight is 268 g/mol. The highest BCUT2D eigenvalue weighted by atomic mass is 16.5. The molecule has 0 fully saturated rings. The van der Waals surface area contributed by atoms with Crippen LogP contribution >= 0.6 is 0 Å². The molecule has 0 saturated heterocycles. The summed E-state index contributed by atoms with van der Waals surface area (Å²) in [5.41, 5.74) is 1.20. The second-order valence-corrected chi connectivity index (χ2v) is 4.22. The molecule has 0 unspecified atom stereocenters. The van der Waals surface area contributed by atoms with Crippen molar-refractivity contribution in [2.75, 3.05) is 6.61 Å². The molecule has 0 spiro atoms. The number of benzene rings is 2. The predicted molar refractivity (Wildman–Crippen MR) is 79.1 cm³/mol. The van der Waals surface area contributed by atoms with Gasteiger partial charge in [-0.05, 0) is 30.7 Å². The first-order valence-electron chi connectivity index (χ1n) is 6.44. The summed E-state index contributed by atoms with van der Waals surface area (Å²) in [5, 5.41) is 9.85. The van der Waals surface area contributed by atoms with Crippen molar-refractivity contribution in [2.24, 2.45) is 0 Å². The summed E-state index contributed by atoms with van der Waals surface area (Å²) in [6.07, 6.45) is 3.17. The van der Waals surface area contributed by atoms with Gasteiger partial charge in [0, 0.05) is 6.07 Å². The fourth-order valence-corrected chi connectivity index (χ4v) is 1.80. The predicted octanol–water partition coefficient (Wildman–Crippen LogP) is 3.69. The summed E-state index contributed by atoms with van der Waals surface area (Å²) in [6.45, 7) is 2.37. The second-order valence-electron chi connectivity index (χ2n) is 4.22. The second kappa shape index (κ2) is 6.57. The SMILES string of the molecule is CCOc1ccc(C(=O)/C=C/c2ccccc2)c(O)c1. The van der Waals surface area contributed by atoms with Crippen molar-refractivity contribution in [1.82, 2.24) is 0 Å². The Bertz CT molecular complexity index is 615. The van der Waals surface area contributed by atoms with E-state index in [1.807, 2.05) is 37.3 Å². The Morgan fingerprint density at radius 1 is 1.20 bits per heavy atom. The monoisotopic (exact) mass is 268 g/mol. The minimum absolute atomic E-state index is 0.0707. The third-order valence-electron chi connectivity index (χ3n) is 2.77. The summed E-state index contributed by atoms with van der Waals surface area (Å²) in [4.78, 5) is 12.0. The Morgan fingerprint density at radius 2 is 1.95 bits per heavy atom. The van der Waals surface area contributed by atoms with Gasteiger partial charge >= 0.3 is 0 Å². The van der Waals surface area contributed by atoms with Crippen LogP contribution in [0.3, 0.4) is 0 Å². The summed E-state index contributed by atoms with van der Waals surface area (Å²) in [7, 11) is 0. The number of allylic oxidation sites excluding steroid dienone is 1. The molecule has 3 heteroatoms. The van der Waals surface area contributed by atoms with Crippen molar-refractivity contribution >= 4 is 11.9 Å². The average Bonchev–Trinajstić information content (AvgIpc) is 2.46. The van der Waals surface area contributed by atoms with E-state index in [1.165, 1.54) is 12.1 Å². The molecule has 102 valence electrons. The van der Waals surface area contributed by atoms with Gasteiger partial charge in [0.25, 0.3) is 0 Å². The number of hydrogen-bond donors (Lipinski definition) is 1. The van der Waals surface area contributed by atoms with Gasteiger partial charge in [-0.25, -0.2) is 0 Å². The van der Waals surface area contributed by atoms with E-state index in [0.29, 0.717) is 12.4 Å². The van der Waals surface area contributed by atoms with Crippen molar-refractivity contribution < 1.29 is 14.6 Å². The Balaban J connectivity index is 2.15. The Kier molecular flexibility index (Phi) is 4.56. The number of ether oxygens (including phenoxy) is 1. The van der Waals surface area contributed by atoms with E-state index < -0.39 is 0 Å². The maximum absolute atomic E-state index is 12.0. The van der Waals surface area contributed by atoms with Crippen LogP contribution in [0.4, 0.5) is 0 Å². The number of aromatic hydroxyl groups is 1. The number of carbonyl (C=O) groups is 1. The molecule has 0 atom stereocenters. The van der Waals surface area contributed by atoms with Gasteiger partial charge < -0.3 is 9.84 Å². The molecule has 2 aromatic rings. The van der Waals surface area contributed by atoms with Crippen molar-refractivity contribution in [3.05, 3.63) is 65.7 Å². The molecule has 20 heavy (non-hydrogen) atoms. The van der Waals surface area contributed by atoms with Crippen LogP contribution < -0.4 is 4.74 Å². The summed E-state index contributed by atoms with van der Waals surface area (Å²) in [5.74, 6) is 0.238. The fourth-order valence-electron chi connectivity index (χ4n) is 1.80. The lowest BCUT2D eigenvalue weighted by Gasteiger charge is -2.05. The Labute approximate surface area is 118 Å². The van der Waals surface area contributed by atoms with Crippen molar-refractivity contribution in [1.29, 1.82) is 0 Å². The molecule has 0 saturated carbocycles. The zero-order chi connectivity index (χ0) is 14.4. The summed E-state index contributed by atoms with van der Waals surface area (Å²) >= 11 is 0. The lowest BCUT2D eigenvalue weighted by molar-refractivity contribution is 0.104. The first-order chi connectivity index (χ1) is 9.70. The number of ketones is 1. The minimum atomic E-state index is -0.241. The largest absolute Gasteiger partial charge is 0.507 e. The van der Waals surface area contributed by atoms with Crippen LogP contribution in [-0.2, 0) is 0 Å². The van der Waals surface area contributed by atoms with E-state index in [1.54, 1.807) is 18.2 Å². The number of phenols is 1. The minimum Gasteiger partial charge on any atom is -0.507 e. The van der Waals surface area contributed by atoms with Crippen LogP contribution in [0.2, 0.25) is 0 Å². The molecule has 0 aliphatic rings. The topological polar surface area (TPSA) is 46.5 Å². The van der Waals surface area contributed by atoms with Gasteiger partial charge in [-0.1, -0.05) is 36.4 Å². The van der Waals surface area contributed by atoms with Gasteiger partial charge in [-0.3, -0.25) is 4.79 Å². The molecule has 0 amide bonds. The standard InChI is InChI=1S/C17H16O3/c1-2-20-14-9-10-15(17(19)12-14)16(18)11-8-13-6-4-3-5-7-13/h3-12,19H,2H2,1H3/b11-8+. The third-order valence-corrected chi connectivity index (χ3v) is 2.77. The lowest BCUT2D eigenvalue weighted by Crippen LogP contribution is -1.97. The van der Waals surface area contributed by atoms with Gasteiger partial charge in [0.1, 0.15) is 11.5 Å². The molecule has 1 N–H and O–H groups in total. The molecule has 0 aliphatic carbocycles. The number of carbonyl (C=O) groups excluding carboxylic acids is 1. The summed E-state index contributed by atoms with van der Waals surface area (Å²) < 4.78 is 5.26. The van der Waals surface area contributed by atoms with Crippen LogP contribution in [0.5, 0.6) is 11.5 Å². The molecule has 0 radical (unpaired) electrons. The molecule has 0 bridgehead atoms. The van der Waals surface area contributed by atoms with Gasteiger partial charge in [0.05, 0.1) is 12.2 Å². The van der Waals surface area contributed by atoms with Crippen molar-refractivity contribution in [3.8, 4) is 11.5 Å². The van der Waals surface area contributed by atoms with E-state index >= 15 is 0 Å². The van der Waals surface area contributed by atoms with Crippen molar-refractivity contribution in [2.45, 2.75) is 6.92 Å². The van der Waals surface area contributed by atoms with Crippen LogP contribution in [-0.4, -0.2) is 17.5 Å². The fraction of sp³-hybridized carbons (Fsp3) is 0.118. The number of phenolic OH excluding ortho intramolecular Hbond substituents is 1. The molecular formula is C17H16O3. The Morgan fingerprint density at radius 3 is 2.60 bits per heavy atom. The third kappa shape index (κ3) is 3.48. The van der Waals surface area contributed by atoms with Gasteiger partial charge in [-0.2, -0.15) is 0 Å². The van der Waals surface area contributed by atoms with Crippen molar-refractivity contribution in [3.63, 3.8) is 0 Å². The molecule has 3 nitrogen and oxygen atoms in total. The highest BCUT2D eigenvalue weighted by molar-refractivity contribution is 6.08. The summed E-state index contributed by atoms with van der Waals surface area (Å²) in [6, 6.07) is 14.2. The normalized spacial score (nSPS) is 10.7. The number of hydrogen-bond acceptors (Lipinski definition) is 3. The molecule has 2 rings (SSSR count). The Hall–Kier alpha value is -2.55. The van der Waals surface area contributed by atoms with Gasteiger partial charge in [0.15, 0.2) is 5.78 Å². The molecule has 0 heterocycles. The quantitative estimate of drug-likeness (QED) is 0.664. The first kappa shape index (κ1) is 13.9. The van der Waals surface area contributed by atoms with Crippen LogP contribution in [0.15, 0.2) is 54.6 Å². The highest BCUT2D eigenvalue weighted by Gasteiger charge is 2.09. The lowest BCUT2D eigenvalue weighted by atomic mass is 10.1. The number of rotatable bonds is 5. The molecule has 0 aromatic heterocycles. The molecule has 0 aliphatic heterocycles. The van der Waals surface area contributed by atoms with Crippen LogP contribution in [0, 0.1) is 0 Å². The zero-order valence-corrected chi connectivity index (χ0v) is 11.2. The van der Waals surface area contributed by atoms with E-state index in [0.717, 1.165) is 5.56 Å². The van der Waals surface area contributed by atoms with Gasteiger partial charge in [-0.15, -0.1) is 0 Å².